The van der Waals surface area contributed by atoms with Crippen molar-refractivity contribution in [2.24, 2.45) is 11.7 Å². The van der Waals surface area contributed by atoms with E-state index in [1.165, 1.54) is 58.3 Å². The minimum atomic E-state index is 0.265. The van der Waals surface area contributed by atoms with Crippen LogP contribution < -0.4 is 5.73 Å². The summed E-state index contributed by atoms with van der Waals surface area (Å²) in [5, 5.41) is 0. The molecule has 2 N–H and O–H groups in total. The number of fused-ring (bicyclic) bond motifs is 3. The highest BCUT2D eigenvalue weighted by Crippen LogP contribution is 2.40. The lowest BCUT2D eigenvalue weighted by atomic mass is 9.71. The molecule has 3 saturated heterocycles. The van der Waals surface area contributed by atoms with E-state index in [-0.39, 0.29) is 5.54 Å². The molecule has 19 heavy (non-hydrogen) atoms. The Morgan fingerprint density at radius 3 is 2.42 bits per heavy atom. The summed E-state index contributed by atoms with van der Waals surface area (Å²) in [6.45, 7) is 12.9. The van der Waals surface area contributed by atoms with Gasteiger partial charge < -0.3 is 10.6 Å². The van der Waals surface area contributed by atoms with Gasteiger partial charge in [0.25, 0.3) is 0 Å². The second kappa shape index (κ2) is 6.55. The SMILES string of the molecule is CCCCN(C(C)CC)C1(CN)CN2CCC1CC2. The summed E-state index contributed by atoms with van der Waals surface area (Å²) in [6.07, 6.45) is 6.53. The summed E-state index contributed by atoms with van der Waals surface area (Å²) in [7, 11) is 0. The average Bonchev–Trinajstić information content (AvgIpc) is 2.48. The van der Waals surface area contributed by atoms with E-state index in [4.69, 9.17) is 5.73 Å². The number of hydrogen-bond donors (Lipinski definition) is 1. The molecule has 2 bridgehead atoms. The maximum absolute atomic E-state index is 6.32. The second-order valence-corrected chi connectivity index (χ2v) is 6.66. The van der Waals surface area contributed by atoms with E-state index in [9.17, 15) is 0 Å². The third kappa shape index (κ3) is 2.84. The van der Waals surface area contributed by atoms with Crippen molar-refractivity contribution in [1.82, 2.24) is 9.80 Å². The van der Waals surface area contributed by atoms with Gasteiger partial charge in [0.15, 0.2) is 0 Å². The lowest BCUT2D eigenvalue weighted by Gasteiger charge is -2.59. The first kappa shape index (κ1) is 15.3. The van der Waals surface area contributed by atoms with Gasteiger partial charge in [-0.2, -0.15) is 0 Å². The summed E-state index contributed by atoms with van der Waals surface area (Å²) >= 11 is 0. The zero-order chi connectivity index (χ0) is 13.9. The van der Waals surface area contributed by atoms with Gasteiger partial charge in [-0.25, -0.2) is 0 Å². The van der Waals surface area contributed by atoms with Gasteiger partial charge in [-0.3, -0.25) is 4.90 Å². The molecule has 0 radical (unpaired) electrons. The van der Waals surface area contributed by atoms with E-state index < -0.39 is 0 Å². The zero-order valence-electron chi connectivity index (χ0n) is 13.2. The molecule has 3 heterocycles. The van der Waals surface area contributed by atoms with Crippen LogP contribution in [-0.4, -0.2) is 54.1 Å². The third-order valence-corrected chi connectivity index (χ3v) is 5.65. The van der Waals surface area contributed by atoms with E-state index in [1.807, 2.05) is 0 Å². The Bertz CT molecular complexity index is 273. The fourth-order valence-electron chi connectivity index (χ4n) is 4.25. The maximum atomic E-state index is 6.32. The normalized spacial score (nSPS) is 35.8. The van der Waals surface area contributed by atoms with Crippen LogP contribution in [0.4, 0.5) is 0 Å². The van der Waals surface area contributed by atoms with E-state index in [0.717, 1.165) is 12.5 Å². The van der Waals surface area contributed by atoms with Crippen LogP contribution >= 0.6 is 0 Å². The van der Waals surface area contributed by atoms with E-state index in [0.29, 0.717) is 6.04 Å². The van der Waals surface area contributed by atoms with Gasteiger partial charge in [0.05, 0.1) is 0 Å². The van der Waals surface area contributed by atoms with Crippen molar-refractivity contribution in [2.75, 3.05) is 32.7 Å². The average molecular weight is 267 g/mol. The maximum Gasteiger partial charge on any atom is 0.0490 e. The number of nitrogens with zero attached hydrogens (tertiary/aromatic N) is 2. The zero-order valence-corrected chi connectivity index (χ0v) is 13.2. The van der Waals surface area contributed by atoms with E-state index in [2.05, 4.69) is 30.6 Å². The quantitative estimate of drug-likeness (QED) is 0.768. The summed E-state index contributed by atoms with van der Waals surface area (Å²) in [6, 6.07) is 0.663. The van der Waals surface area contributed by atoms with Crippen molar-refractivity contribution in [1.29, 1.82) is 0 Å². The van der Waals surface area contributed by atoms with Crippen LogP contribution in [0.1, 0.15) is 52.9 Å². The standard InChI is InChI=1S/C16H33N3/c1-4-6-9-19(14(3)5-2)16(12-17)13-18-10-7-15(16)8-11-18/h14-15H,4-13,17H2,1-3H3. The lowest BCUT2D eigenvalue weighted by Crippen LogP contribution is -2.71. The van der Waals surface area contributed by atoms with Crippen LogP contribution in [0.2, 0.25) is 0 Å². The summed E-state index contributed by atoms with van der Waals surface area (Å²) < 4.78 is 0. The molecule has 3 heteroatoms. The Hall–Kier alpha value is -0.120. The van der Waals surface area contributed by atoms with Crippen LogP contribution in [0.25, 0.3) is 0 Å². The van der Waals surface area contributed by atoms with Crippen molar-refractivity contribution < 1.29 is 0 Å². The number of nitrogens with two attached hydrogens (primary N) is 1. The van der Waals surface area contributed by atoms with E-state index in [1.54, 1.807) is 0 Å². The van der Waals surface area contributed by atoms with Gasteiger partial charge in [-0.05, 0) is 58.2 Å². The largest absolute Gasteiger partial charge is 0.329 e. The summed E-state index contributed by atoms with van der Waals surface area (Å²) in [4.78, 5) is 5.43. The molecule has 112 valence electrons. The number of hydrogen-bond acceptors (Lipinski definition) is 3. The molecule has 0 aromatic carbocycles. The fourth-order valence-corrected chi connectivity index (χ4v) is 4.25. The highest BCUT2D eigenvalue weighted by Gasteiger charge is 2.50. The van der Waals surface area contributed by atoms with Gasteiger partial charge in [-0.1, -0.05) is 20.3 Å². The van der Waals surface area contributed by atoms with Crippen molar-refractivity contribution in [2.45, 2.75) is 64.5 Å². The fraction of sp³-hybridized carbons (Fsp3) is 1.00. The van der Waals surface area contributed by atoms with Gasteiger partial charge in [0.1, 0.15) is 0 Å². The van der Waals surface area contributed by atoms with Gasteiger partial charge in [-0.15, -0.1) is 0 Å². The molecule has 3 aliphatic rings. The van der Waals surface area contributed by atoms with Gasteiger partial charge in [0.2, 0.25) is 0 Å². The van der Waals surface area contributed by atoms with Crippen molar-refractivity contribution in [3.8, 4) is 0 Å². The van der Waals surface area contributed by atoms with Crippen molar-refractivity contribution in [3.63, 3.8) is 0 Å². The molecule has 0 aromatic heterocycles. The molecular weight excluding hydrogens is 234 g/mol. The first-order valence-corrected chi connectivity index (χ1v) is 8.37. The Morgan fingerprint density at radius 2 is 2.00 bits per heavy atom. The van der Waals surface area contributed by atoms with Crippen LogP contribution in [0.15, 0.2) is 0 Å². The Morgan fingerprint density at radius 1 is 1.32 bits per heavy atom. The molecular formula is C16H33N3. The van der Waals surface area contributed by atoms with Gasteiger partial charge >= 0.3 is 0 Å². The Kier molecular flexibility index (Phi) is 5.27. The molecule has 0 spiro atoms. The molecule has 3 nitrogen and oxygen atoms in total. The molecule has 2 atom stereocenters. The molecule has 3 fully saturated rings. The predicted molar refractivity (Wildman–Crippen MR) is 82.3 cm³/mol. The van der Waals surface area contributed by atoms with Gasteiger partial charge in [0, 0.05) is 24.7 Å². The highest BCUT2D eigenvalue weighted by molar-refractivity contribution is 5.07. The Balaban J connectivity index is 2.20. The minimum Gasteiger partial charge on any atom is -0.329 e. The molecule has 0 saturated carbocycles. The molecule has 0 aliphatic carbocycles. The first-order valence-electron chi connectivity index (χ1n) is 8.37. The predicted octanol–water partition coefficient (Wildman–Crippen LogP) is 2.31. The summed E-state index contributed by atoms with van der Waals surface area (Å²) in [5.74, 6) is 0.827. The van der Waals surface area contributed by atoms with Crippen LogP contribution in [0.3, 0.4) is 0 Å². The molecule has 3 aliphatic heterocycles. The Labute approximate surface area is 119 Å². The third-order valence-electron chi connectivity index (χ3n) is 5.65. The molecule has 3 rings (SSSR count). The minimum absolute atomic E-state index is 0.265. The van der Waals surface area contributed by atoms with Crippen LogP contribution in [0.5, 0.6) is 0 Å². The summed E-state index contributed by atoms with van der Waals surface area (Å²) in [5.41, 5.74) is 6.59. The number of unbranched alkanes of at least 4 members (excludes halogenated alkanes) is 1. The van der Waals surface area contributed by atoms with Crippen LogP contribution in [0, 0.1) is 5.92 Å². The second-order valence-electron chi connectivity index (χ2n) is 6.66. The molecule has 2 unspecified atom stereocenters. The van der Waals surface area contributed by atoms with Crippen molar-refractivity contribution >= 4 is 0 Å². The van der Waals surface area contributed by atoms with Crippen LogP contribution in [-0.2, 0) is 0 Å². The molecule has 0 amide bonds. The number of rotatable bonds is 7. The monoisotopic (exact) mass is 267 g/mol. The lowest BCUT2D eigenvalue weighted by molar-refractivity contribution is -0.0837. The number of piperidine rings is 3. The highest BCUT2D eigenvalue weighted by atomic mass is 15.3. The molecule has 0 aromatic rings. The van der Waals surface area contributed by atoms with E-state index >= 15 is 0 Å². The first-order chi connectivity index (χ1) is 9.17. The topological polar surface area (TPSA) is 32.5 Å². The van der Waals surface area contributed by atoms with Crippen molar-refractivity contribution in [3.05, 3.63) is 0 Å². The smallest absolute Gasteiger partial charge is 0.0490 e.